The predicted octanol–water partition coefficient (Wildman–Crippen LogP) is 4.83. The van der Waals surface area contributed by atoms with Crippen molar-refractivity contribution in [2.45, 2.75) is 79.3 Å². The lowest BCUT2D eigenvalue weighted by atomic mass is 9.94. The van der Waals surface area contributed by atoms with E-state index in [1.54, 1.807) is 0 Å². The molecule has 0 fully saturated rings. The minimum atomic E-state index is 0.505. The third-order valence-electron chi connectivity index (χ3n) is 6.04. The minimum Gasteiger partial charge on any atom is -0.318 e. The van der Waals surface area contributed by atoms with Gasteiger partial charge in [0, 0.05) is 31.7 Å². The Kier molecular flexibility index (Phi) is 12.0. The van der Waals surface area contributed by atoms with E-state index in [9.17, 15) is 0 Å². The van der Waals surface area contributed by atoms with Crippen molar-refractivity contribution in [2.75, 3.05) is 26.7 Å². The van der Waals surface area contributed by atoms with Crippen molar-refractivity contribution in [1.29, 1.82) is 0 Å². The fourth-order valence-electron chi connectivity index (χ4n) is 3.70. The Hall–Kier alpha value is -0.900. The second-order valence-electron chi connectivity index (χ2n) is 9.46. The first-order chi connectivity index (χ1) is 13.3. The summed E-state index contributed by atoms with van der Waals surface area (Å²) in [5, 5.41) is 11.0. The van der Waals surface area contributed by atoms with Crippen LogP contribution in [0.15, 0.2) is 24.3 Å². The summed E-state index contributed by atoms with van der Waals surface area (Å²) in [6.45, 7) is 19.2. The van der Waals surface area contributed by atoms with Crippen LogP contribution in [0.5, 0.6) is 0 Å². The largest absolute Gasteiger partial charge is 0.318 e. The highest BCUT2D eigenvalue weighted by Gasteiger charge is 2.19. The molecule has 0 heterocycles. The number of likely N-dealkylation sites (N-methyl/N-ethyl adjacent to an activating group) is 1. The number of rotatable bonds is 14. The molecule has 1 aromatic rings. The van der Waals surface area contributed by atoms with Crippen LogP contribution in [0, 0.1) is 17.8 Å². The van der Waals surface area contributed by atoms with Crippen LogP contribution < -0.4 is 16.0 Å². The summed E-state index contributed by atoms with van der Waals surface area (Å²) < 4.78 is 0. The van der Waals surface area contributed by atoms with Gasteiger partial charge in [-0.05, 0) is 48.3 Å². The second-order valence-corrected chi connectivity index (χ2v) is 9.46. The molecule has 3 N–H and O–H groups in total. The molecule has 0 aliphatic rings. The van der Waals surface area contributed by atoms with Crippen molar-refractivity contribution in [3.05, 3.63) is 35.4 Å². The summed E-state index contributed by atoms with van der Waals surface area (Å²) in [5.74, 6) is 2.54. The van der Waals surface area contributed by atoms with Crippen LogP contribution in [0.3, 0.4) is 0 Å². The van der Waals surface area contributed by atoms with Gasteiger partial charge in [-0.3, -0.25) is 0 Å². The maximum Gasteiger partial charge on any atom is 0.0218 e. The lowest BCUT2D eigenvalue weighted by Crippen LogP contribution is -2.50. The highest BCUT2D eigenvalue weighted by molar-refractivity contribution is 5.25. The maximum atomic E-state index is 3.87. The second kappa shape index (κ2) is 13.3. The summed E-state index contributed by atoms with van der Waals surface area (Å²) in [5.41, 5.74) is 2.89. The number of hydrogen-bond acceptors (Lipinski definition) is 3. The third-order valence-corrected chi connectivity index (χ3v) is 6.04. The minimum absolute atomic E-state index is 0.505. The Morgan fingerprint density at radius 2 is 1.39 bits per heavy atom. The van der Waals surface area contributed by atoms with Gasteiger partial charge in [0.15, 0.2) is 0 Å². The van der Waals surface area contributed by atoms with E-state index in [0.717, 1.165) is 26.1 Å². The first-order valence-corrected chi connectivity index (χ1v) is 11.5. The highest BCUT2D eigenvalue weighted by atomic mass is 15.0. The van der Waals surface area contributed by atoms with Gasteiger partial charge in [-0.2, -0.15) is 0 Å². The molecule has 0 bridgehead atoms. The van der Waals surface area contributed by atoms with Gasteiger partial charge in [-0.15, -0.1) is 0 Å². The molecular weight excluding hydrogens is 342 g/mol. The quantitative estimate of drug-likeness (QED) is 0.427. The molecule has 3 nitrogen and oxygen atoms in total. The fourth-order valence-corrected chi connectivity index (χ4v) is 3.70. The van der Waals surface area contributed by atoms with Crippen LogP contribution in [0.4, 0.5) is 0 Å². The molecule has 0 aromatic heterocycles. The van der Waals surface area contributed by atoms with E-state index >= 15 is 0 Å². The lowest BCUT2D eigenvalue weighted by molar-refractivity contribution is 0.307. The van der Waals surface area contributed by atoms with Gasteiger partial charge < -0.3 is 16.0 Å². The van der Waals surface area contributed by atoms with Crippen LogP contribution in [-0.2, 0) is 6.42 Å². The van der Waals surface area contributed by atoms with Crippen molar-refractivity contribution >= 4 is 0 Å². The topological polar surface area (TPSA) is 36.1 Å². The van der Waals surface area contributed by atoms with E-state index in [1.807, 2.05) is 7.05 Å². The Labute approximate surface area is 175 Å². The molecule has 0 aliphatic heterocycles. The number of hydrogen-bond donors (Lipinski definition) is 3. The zero-order valence-electron chi connectivity index (χ0n) is 19.8. The van der Waals surface area contributed by atoms with Gasteiger partial charge in [0.25, 0.3) is 0 Å². The summed E-state index contributed by atoms with van der Waals surface area (Å²) >= 11 is 0. The Morgan fingerprint density at radius 3 is 1.89 bits per heavy atom. The first kappa shape index (κ1) is 25.1. The van der Waals surface area contributed by atoms with Crippen molar-refractivity contribution < 1.29 is 0 Å². The van der Waals surface area contributed by atoms with Crippen LogP contribution in [0.2, 0.25) is 0 Å². The maximum absolute atomic E-state index is 3.87. The molecule has 0 radical (unpaired) electrons. The van der Waals surface area contributed by atoms with Gasteiger partial charge in [0.1, 0.15) is 0 Å². The van der Waals surface area contributed by atoms with Gasteiger partial charge >= 0.3 is 0 Å². The average Bonchev–Trinajstić information content (AvgIpc) is 2.66. The first-order valence-electron chi connectivity index (χ1n) is 11.5. The van der Waals surface area contributed by atoms with E-state index in [4.69, 9.17) is 0 Å². The Morgan fingerprint density at radius 1 is 0.786 bits per heavy atom. The Bertz CT molecular complexity index is 509. The molecular formula is C25H47N3. The van der Waals surface area contributed by atoms with Crippen LogP contribution >= 0.6 is 0 Å². The smallest absolute Gasteiger partial charge is 0.0218 e. The molecule has 0 unspecified atom stereocenters. The van der Waals surface area contributed by atoms with Gasteiger partial charge in [-0.1, -0.05) is 79.2 Å². The molecule has 0 aliphatic carbocycles. The predicted molar refractivity (Wildman–Crippen MR) is 125 cm³/mol. The Balaban J connectivity index is 2.61. The third kappa shape index (κ3) is 9.07. The van der Waals surface area contributed by atoms with E-state index in [2.05, 4.69) is 88.7 Å². The molecule has 0 saturated carbocycles. The molecule has 4 atom stereocenters. The lowest BCUT2D eigenvalue weighted by Gasteiger charge is -2.30. The summed E-state index contributed by atoms with van der Waals surface area (Å²) in [6, 6.07) is 10.3. The van der Waals surface area contributed by atoms with Crippen LogP contribution in [0.25, 0.3) is 0 Å². The van der Waals surface area contributed by atoms with Gasteiger partial charge in [0.2, 0.25) is 0 Å². The van der Waals surface area contributed by atoms with Gasteiger partial charge in [0.05, 0.1) is 0 Å². The zero-order valence-corrected chi connectivity index (χ0v) is 19.8. The van der Waals surface area contributed by atoms with Gasteiger partial charge in [-0.25, -0.2) is 0 Å². The van der Waals surface area contributed by atoms with E-state index < -0.39 is 0 Å². The summed E-state index contributed by atoms with van der Waals surface area (Å²) in [4.78, 5) is 0. The molecule has 162 valence electrons. The number of nitrogens with one attached hydrogen (secondary N) is 3. The van der Waals surface area contributed by atoms with Crippen LogP contribution in [0.1, 0.15) is 71.9 Å². The van der Waals surface area contributed by atoms with Crippen molar-refractivity contribution in [2.24, 2.45) is 17.8 Å². The summed E-state index contributed by atoms with van der Waals surface area (Å²) in [7, 11) is 2.04. The molecule has 1 aromatic carbocycles. The van der Waals surface area contributed by atoms with E-state index in [0.29, 0.717) is 35.8 Å². The SMILES string of the molecule is CC[C@@H](C)[C@H](CN[C@H](CNC)C(C)C)NC[C@@H](C)c1ccc(CC(C)C)cc1. The molecule has 3 heteroatoms. The molecule has 28 heavy (non-hydrogen) atoms. The normalized spacial score (nSPS) is 16.4. The van der Waals surface area contributed by atoms with Crippen molar-refractivity contribution in [1.82, 2.24) is 16.0 Å². The zero-order chi connectivity index (χ0) is 21.1. The molecule has 0 saturated heterocycles. The number of benzene rings is 1. The standard InChI is InChI=1S/C25H47N3/c1-9-20(6)25(17-28-24(16-26-8)19(4)5)27-15-21(7)23-12-10-22(11-13-23)14-18(2)3/h10-13,18-21,24-28H,9,14-17H2,1-8H3/t20-,21-,24-,25+/m1/s1. The molecule has 0 spiro atoms. The highest BCUT2D eigenvalue weighted by Crippen LogP contribution is 2.18. The molecule has 0 amide bonds. The molecule has 1 rings (SSSR count). The van der Waals surface area contributed by atoms with Crippen LogP contribution in [-0.4, -0.2) is 38.8 Å². The van der Waals surface area contributed by atoms with Crippen molar-refractivity contribution in [3.8, 4) is 0 Å². The monoisotopic (exact) mass is 389 g/mol. The average molecular weight is 390 g/mol. The van der Waals surface area contributed by atoms with E-state index in [1.165, 1.54) is 17.5 Å². The fraction of sp³-hybridized carbons (Fsp3) is 0.760. The summed E-state index contributed by atoms with van der Waals surface area (Å²) in [6.07, 6.45) is 2.37. The van der Waals surface area contributed by atoms with E-state index in [-0.39, 0.29) is 0 Å². The van der Waals surface area contributed by atoms with Crippen molar-refractivity contribution in [3.63, 3.8) is 0 Å².